The molecule has 2 heterocycles. The summed E-state index contributed by atoms with van der Waals surface area (Å²) in [4.78, 5) is 34.8. The minimum Gasteiger partial charge on any atom is -0.273 e. The number of benzene rings is 3. The van der Waals surface area contributed by atoms with Gasteiger partial charge in [0, 0.05) is 9.50 Å². The van der Waals surface area contributed by atoms with Gasteiger partial charge in [-0.05, 0) is 61.4 Å². The number of hydrogen-bond donors (Lipinski definition) is 0. The molecule has 2 amide bonds. The van der Waals surface area contributed by atoms with E-state index in [4.69, 9.17) is 16.4 Å². The van der Waals surface area contributed by atoms with Gasteiger partial charge in [-0.3, -0.25) is 14.4 Å². The molecule has 7 heteroatoms. The molecule has 0 aliphatic carbocycles. The third kappa shape index (κ3) is 3.09. The average Bonchev–Trinajstić information content (AvgIpc) is 3.20. The zero-order valence-corrected chi connectivity index (χ0v) is 19.8. The number of amides is 2. The fourth-order valence-electron chi connectivity index (χ4n) is 4.54. The van der Waals surface area contributed by atoms with Crippen LogP contribution in [0.25, 0.3) is 0 Å². The van der Waals surface area contributed by atoms with Crippen LogP contribution in [0.5, 0.6) is 0 Å². The van der Waals surface area contributed by atoms with Gasteiger partial charge in [-0.25, -0.2) is 9.96 Å². The number of carbonyl (C=O) groups is 2. The lowest BCUT2D eigenvalue weighted by molar-refractivity contribution is -0.128. The van der Waals surface area contributed by atoms with E-state index in [2.05, 4.69) is 15.9 Å². The van der Waals surface area contributed by atoms with E-state index < -0.39 is 23.5 Å². The Morgan fingerprint density at radius 1 is 0.969 bits per heavy atom. The summed E-state index contributed by atoms with van der Waals surface area (Å²) in [7, 11) is 0. The van der Waals surface area contributed by atoms with E-state index in [-0.39, 0.29) is 5.91 Å². The molecule has 2 aliphatic rings. The minimum absolute atomic E-state index is 0.307. The summed E-state index contributed by atoms with van der Waals surface area (Å²) in [5.74, 6) is -0.697. The zero-order valence-electron chi connectivity index (χ0n) is 17.5. The molecule has 5 nitrogen and oxygen atoms in total. The van der Waals surface area contributed by atoms with Crippen molar-refractivity contribution >= 4 is 50.7 Å². The molecular formula is C25H20BrClN2O3. The van der Waals surface area contributed by atoms with E-state index in [1.807, 2.05) is 68.4 Å². The van der Waals surface area contributed by atoms with Crippen LogP contribution in [0.15, 0.2) is 77.3 Å². The van der Waals surface area contributed by atoms with Crippen LogP contribution in [0, 0.1) is 12.3 Å². The van der Waals surface area contributed by atoms with Crippen molar-refractivity contribution in [3.05, 3.63) is 93.4 Å². The Hall–Kier alpha value is -2.67. The van der Waals surface area contributed by atoms with Crippen LogP contribution in [0.4, 0.5) is 11.4 Å². The molecule has 2 aliphatic heterocycles. The second kappa shape index (κ2) is 7.73. The maximum Gasteiger partial charge on any atom is 0.266 e. The van der Waals surface area contributed by atoms with Crippen LogP contribution in [-0.4, -0.2) is 17.9 Å². The monoisotopic (exact) mass is 510 g/mol. The Bertz CT molecular complexity index is 1220. The van der Waals surface area contributed by atoms with Crippen LogP contribution in [-0.2, 0) is 14.4 Å². The van der Waals surface area contributed by atoms with E-state index in [0.717, 1.165) is 21.3 Å². The first-order valence-electron chi connectivity index (χ1n) is 10.2. The van der Waals surface area contributed by atoms with Gasteiger partial charge in [0.25, 0.3) is 5.91 Å². The number of nitrogens with zero attached hydrogens (tertiary/aromatic N) is 2. The van der Waals surface area contributed by atoms with Crippen molar-refractivity contribution in [2.24, 2.45) is 5.41 Å². The fraction of sp³-hybridized carbons (Fsp3) is 0.200. The Balaban J connectivity index is 1.64. The SMILES string of the molecule is Cc1ccc(N2C(=O)C3ON(c4ccccc4)C(c4ccc(Br)cc4)C3(C)C2=O)cc1Cl. The van der Waals surface area contributed by atoms with Gasteiger partial charge in [0.1, 0.15) is 5.41 Å². The molecule has 3 unspecified atom stereocenters. The Kier molecular flexibility index (Phi) is 5.12. The molecule has 2 saturated heterocycles. The van der Waals surface area contributed by atoms with Crippen LogP contribution in [0.2, 0.25) is 5.02 Å². The highest BCUT2D eigenvalue weighted by atomic mass is 79.9. The number of rotatable bonds is 3. The van der Waals surface area contributed by atoms with Gasteiger partial charge in [-0.1, -0.05) is 63.9 Å². The summed E-state index contributed by atoms with van der Waals surface area (Å²) >= 11 is 9.76. The van der Waals surface area contributed by atoms with E-state index >= 15 is 0 Å². The third-order valence-corrected chi connectivity index (χ3v) is 7.22. The number of hydrogen-bond acceptors (Lipinski definition) is 4. The van der Waals surface area contributed by atoms with E-state index in [1.165, 1.54) is 4.90 Å². The molecule has 3 aromatic rings. The van der Waals surface area contributed by atoms with Crippen molar-refractivity contribution in [2.75, 3.05) is 9.96 Å². The van der Waals surface area contributed by atoms with Gasteiger partial charge in [-0.2, -0.15) is 0 Å². The van der Waals surface area contributed by atoms with Crippen LogP contribution in [0.1, 0.15) is 24.1 Å². The predicted molar refractivity (Wildman–Crippen MR) is 127 cm³/mol. The van der Waals surface area contributed by atoms with E-state index in [1.54, 1.807) is 23.3 Å². The molecule has 0 bridgehead atoms. The maximum atomic E-state index is 13.9. The number of imide groups is 1. The Morgan fingerprint density at radius 2 is 1.66 bits per heavy atom. The number of para-hydroxylation sites is 1. The van der Waals surface area contributed by atoms with Crippen molar-refractivity contribution < 1.29 is 14.4 Å². The summed E-state index contributed by atoms with van der Waals surface area (Å²) in [6.45, 7) is 3.68. The predicted octanol–water partition coefficient (Wildman–Crippen LogP) is 5.85. The average molecular weight is 512 g/mol. The van der Waals surface area contributed by atoms with Gasteiger partial charge in [0.2, 0.25) is 5.91 Å². The normalized spacial score (nSPS) is 24.9. The molecule has 0 spiro atoms. The number of anilines is 2. The largest absolute Gasteiger partial charge is 0.273 e. The standard InChI is InChI=1S/C25H20BrClN2O3/c1-15-8-13-19(14-20(15)27)28-23(30)22-25(2,24(28)31)21(16-9-11-17(26)12-10-16)29(32-22)18-6-4-3-5-7-18/h3-14,21-22H,1-2H3. The molecular weight excluding hydrogens is 492 g/mol. The first kappa shape index (κ1) is 21.2. The van der Waals surface area contributed by atoms with Crippen molar-refractivity contribution in [1.82, 2.24) is 0 Å². The van der Waals surface area contributed by atoms with Crippen LogP contribution < -0.4 is 9.96 Å². The summed E-state index contributed by atoms with van der Waals surface area (Å²) in [6, 6.07) is 22.0. The summed E-state index contributed by atoms with van der Waals surface area (Å²) in [5, 5.41) is 2.20. The Labute approximate surface area is 199 Å². The summed E-state index contributed by atoms with van der Waals surface area (Å²) in [6.07, 6.45) is -0.955. The molecule has 3 atom stereocenters. The number of halogens is 2. The molecule has 0 aromatic heterocycles. The fourth-order valence-corrected chi connectivity index (χ4v) is 4.98. The summed E-state index contributed by atoms with van der Waals surface area (Å²) < 4.78 is 0.929. The molecule has 3 aromatic carbocycles. The zero-order chi connectivity index (χ0) is 22.6. The molecule has 0 N–H and O–H groups in total. The lowest BCUT2D eigenvalue weighted by Gasteiger charge is -2.32. The van der Waals surface area contributed by atoms with Crippen molar-refractivity contribution in [3.8, 4) is 0 Å². The highest BCUT2D eigenvalue weighted by molar-refractivity contribution is 9.10. The molecule has 32 heavy (non-hydrogen) atoms. The van der Waals surface area contributed by atoms with Crippen LogP contribution in [0.3, 0.4) is 0 Å². The minimum atomic E-state index is -1.13. The van der Waals surface area contributed by atoms with Gasteiger partial charge in [0.05, 0.1) is 17.4 Å². The number of hydroxylamine groups is 1. The highest BCUT2D eigenvalue weighted by Crippen LogP contribution is 2.55. The third-order valence-electron chi connectivity index (χ3n) is 6.28. The lowest BCUT2D eigenvalue weighted by Crippen LogP contribution is -2.41. The number of fused-ring (bicyclic) bond motifs is 1. The van der Waals surface area contributed by atoms with Crippen molar-refractivity contribution in [2.45, 2.75) is 26.0 Å². The van der Waals surface area contributed by atoms with Crippen LogP contribution >= 0.6 is 27.5 Å². The Morgan fingerprint density at radius 3 is 2.31 bits per heavy atom. The topological polar surface area (TPSA) is 49.9 Å². The molecule has 2 fully saturated rings. The van der Waals surface area contributed by atoms with Gasteiger partial charge >= 0.3 is 0 Å². The quantitative estimate of drug-likeness (QED) is 0.414. The van der Waals surface area contributed by atoms with Crippen molar-refractivity contribution in [1.29, 1.82) is 0 Å². The van der Waals surface area contributed by atoms with Gasteiger partial charge in [0.15, 0.2) is 6.10 Å². The highest BCUT2D eigenvalue weighted by Gasteiger charge is 2.68. The lowest BCUT2D eigenvalue weighted by atomic mass is 9.76. The smallest absolute Gasteiger partial charge is 0.266 e. The molecule has 5 rings (SSSR count). The molecule has 162 valence electrons. The second-order valence-corrected chi connectivity index (χ2v) is 9.62. The first-order valence-corrected chi connectivity index (χ1v) is 11.4. The van der Waals surface area contributed by atoms with Gasteiger partial charge < -0.3 is 0 Å². The second-order valence-electron chi connectivity index (χ2n) is 8.30. The number of aryl methyl sites for hydroxylation is 1. The maximum absolute atomic E-state index is 13.9. The van der Waals surface area contributed by atoms with Crippen molar-refractivity contribution in [3.63, 3.8) is 0 Å². The summed E-state index contributed by atoms with van der Waals surface area (Å²) in [5.41, 5.74) is 1.86. The van der Waals surface area contributed by atoms with Gasteiger partial charge in [-0.15, -0.1) is 0 Å². The van der Waals surface area contributed by atoms with E-state index in [9.17, 15) is 9.59 Å². The first-order chi connectivity index (χ1) is 15.3. The van der Waals surface area contributed by atoms with E-state index in [0.29, 0.717) is 10.7 Å². The molecule has 0 saturated carbocycles. The molecule has 0 radical (unpaired) electrons. The number of carbonyl (C=O) groups excluding carboxylic acids is 2.